The third kappa shape index (κ3) is 4.11. The maximum atomic E-state index is 14.9. The predicted octanol–water partition coefficient (Wildman–Crippen LogP) is 5.45. The maximum Gasteiger partial charge on any atom is 0.417 e. The third-order valence-corrected chi connectivity index (χ3v) is 6.43. The summed E-state index contributed by atoms with van der Waals surface area (Å²) in [7, 11) is 0. The van der Waals surface area contributed by atoms with Gasteiger partial charge in [0.2, 0.25) is 0 Å². The molecule has 1 amide bonds. The predicted molar refractivity (Wildman–Crippen MR) is 114 cm³/mol. The van der Waals surface area contributed by atoms with Gasteiger partial charge in [0.05, 0.1) is 22.1 Å². The first-order chi connectivity index (χ1) is 14.8. The Bertz CT molecular complexity index is 1070. The first-order valence-corrected chi connectivity index (χ1v) is 11.1. The van der Waals surface area contributed by atoms with E-state index in [-0.39, 0.29) is 34.6 Å². The van der Waals surface area contributed by atoms with Gasteiger partial charge in [-0.05, 0) is 62.5 Å². The van der Waals surface area contributed by atoms with Crippen molar-refractivity contribution in [3.63, 3.8) is 0 Å². The first-order valence-electron chi connectivity index (χ1n) is 10.3. The zero-order valence-electron chi connectivity index (χ0n) is 18.1. The van der Waals surface area contributed by atoms with Crippen LogP contribution in [-0.4, -0.2) is 51.7 Å². The SMILES string of the molecule is Cc1nc(N2CC3CCC(C2)N3C(=O)OC(C)(C)C)c2cc(C(F)(F)F)c(Br)c(F)c2n1. The molecule has 4 rings (SSSR count). The fraction of sp³-hybridized carbons (Fsp3) is 0.571. The molecule has 2 fully saturated rings. The summed E-state index contributed by atoms with van der Waals surface area (Å²) < 4.78 is 60.3. The maximum absolute atomic E-state index is 14.9. The van der Waals surface area contributed by atoms with Gasteiger partial charge in [0.15, 0.2) is 5.82 Å². The summed E-state index contributed by atoms with van der Waals surface area (Å²) in [6, 6.07) is 0.548. The molecule has 0 saturated carbocycles. The van der Waals surface area contributed by atoms with Crippen molar-refractivity contribution in [2.75, 3.05) is 18.0 Å². The van der Waals surface area contributed by atoms with Crippen LogP contribution in [0.3, 0.4) is 0 Å². The molecule has 2 atom stereocenters. The highest BCUT2D eigenvalue weighted by molar-refractivity contribution is 9.10. The van der Waals surface area contributed by atoms with Crippen molar-refractivity contribution >= 4 is 38.7 Å². The molecule has 174 valence electrons. The van der Waals surface area contributed by atoms with Crippen LogP contribution in [0, 0.1) is 12.7 Å². The molecule has 3 heterocycles. The second-order valence-electron chi connectivity index (χ2n) is 9.22. The van der Waals surface area contributed by atoms with Gasteiger partial charge < -0.3 is 9.64 Å². The molecule has 11 heteroatoms. The van der Waals surface area contributed by atoms with Gasteiger partial charge in [-0.3, -0.25) is 4.90 Å². The van der Waals surface area contributed by atoms with E-state index < -0.39 is 33.7 Å². The summed E-state index contributed by atoms with van der Waals surface area (Å²) in [6.45, 7) is 7.68. The highest BCUT2D eigenvalue weighted by atomic mass is 79.9. The molecule has 2 aliphatic rings. The molecule has 0 N–H and O–H groups in total. The second kappa shape index (κ2) is 7.71. The topological polar surface area (TPSA) is 58.6 Å². The summed E-state index contributed by atoms with van der Waals surface area (Å²) >= 11 is 2.73. The van der Waals surface area contributed by atoms with Crippen molar-refractivity contribution in [2.45, 2.75) is 64.4 Å². The smallest absolute Gasteiger partial charge is 0.417 e. The molecule has 2 aliphatic heterocycles. The van der Waals surface area contributed by atoms with Crippen LogP contribution in [-0.2, 0) is 10.9 Å². The number of hydrogen-bond donors (Lipinski definition) is 0. The second-order valence-corrected chi connectivity index (χ2v) is 10.0. The Hall–Kier alpha value is -2.17. The van der Waals surface area contributed by atoms with Crippen molar-refractivity contribution in [1.29, 1.82) is 0 Å². The van der Waals surface area contributed by atoms with Crippen LogP contribution in [0.15, 0.2) is 10.5 Å². The molecule has 2 bridgehead atoms. The van der Waals surface area contributed by atoms with Crippen LogP contribution < -0.4 is 4.90 Å². The molecule has 2 unspecified atom stereocenters. The quantitative estimate of drug-likeness (QED) is 0.470. The summed E-state index contributed by atoms with van der Waals surface area (Å²) in [4.78, 5) is 24.7. The summed E-state index contributed by atoms with van der Waals surface area (Å²) in [6.07, 6.45) is -3.65. The molecular formula is C21H23BrF4N4O2. The molecule has 32 heavy (non-hydrogen) atoms. The van der Waals surface area contributed by atoms with E-state index in [1.807, 2.05) is 4.90 Å². The number of amides is 1. The fourth-order valence-electron chi connectivity index (χ4n) is 4.43. The van der Waals surface area contributed by atoms with Gasteiger partial charge in [-0.2, -0.15) is 13.2 Å². The van der Waals surface area contributed by atoms with E-state index in [0.717, 1.165) is 18.9 Å². The van der Waals surface area contributed by atoms with Gasteiger partial charge in [0.25, 0.3) is 0 Å². The number of aryl methyl sites for hydroxylation is 1. The lowest BCUT2D eigenvalue weighted by Crippen LogP contribution is -2.57. The van der Waals surface area contributed by atoms with Gasteiger partial charge >= 0.3 is 12.3 Å². The molecule has 0 aliphatic carbocycles. The Balaban J connectivity index is 1.74. The normalized spacial score (nSPS) is 21.4. The highest BCUT2D eigenvalue weighted by Crippen LogP contribution is 2.42. The molecule has 1 aromatic heterocycles. The highest BCUT2D eigenvalue weighted by Gasteiger charge is 2.45. The van der Waals surface area contributed by atoms with Crippen LogP contribution >= 0.6 is 15.9 Å². The van der Waals surface area contributed by atoms with E-state index in [9.17, 15) is 22.4 Å². The van der Waals surface area contributed by atoms with E-state index in [0.29, 0.717) is 13.1 Å². The average molecular weight is 519 g/mol. The number of piperazine rings is 1. The number of fused-ring (bicyclic) bond motifs is 3. The molecule has 0 spiro atoms. The van der Waals surface area contributed by atoms with Crippen LogP contribution in [0.5, 0.6) is 0 Å². The van der Waals surface area contributed by atoms with Crippen LogP contribution in [0.2, 0.25) is 0 Å². The Morgan fingerprint density at radius 3 is 2.28 bits per heavy atom. The summed E-state index contributed by atoms with van der Waals surface area (Å²) in [5.41, 5.74) is -1.92. The van der Waals surface area contributed by atoms with Crippen molar-refractivity contribution in [3.8, 4) is 0 Å². The van der Waals surface area contributed by atoms with Crippen LogP contribution in [0.1, 0.15) is 45.0 Å². The Kier molecular flexibility index (Phi) is 5.54. The van der Waals surface area contributed by atoms with Gasteiger partial charge in [-0.15, -0.1) is 0 Å². The minimum absolute atomic E-state index is 0.00579. The molecule has 6 nitrogen and oxygen atoms in total. The number of halogens is 5. The van der Waals surface area contributed by atoms with E-state index in [2.05, 4.69) is 25.9 Å². The molecule has 1 aromatic carbocycles. The van der Waals surface area contributed by atoms with Crippen molar-refractivity contribution < 1.29 is 27.1 Å². The number of carbonyl (C=O) groups excluding carboxylic acids is 1. The van der Waals surface area contributed by atoms with E-state index in [4.69, 9.17) is 4.74 Å². The lowest BCUT2D eigenvalue weighted by molar-refractivity contribution is -0.138. The molecular weight excluding hydrogens is 496 g/mol. The number of carbonyl (C=O) groups is 1. The first kappa shape index (κ1) is 23.0. The monoisotopic (exact) mass is 518 g/mol. The van der Waals surface area contributed by atoms with Gasteiger partial charge in [0, 0.05) is 18.5 Å². The third-order valence-electron chi connectivity index (χ3n) is 5.65. The van der Waals surface area contributed by atoms with Gasteiger partial charge in [-0.1, -0.05) is 0 Å². The molecule has 2 saturated heterocycles. The van der Waals surface area contributed by atoms with Gasteiger partial charge in [-0.25, -0.2) is 19.2 Å². The summed E-state index contributed by atoms with van der Waals surface area (Å²) in [5.74, 6) is -0.581. The number of benzene rings is 1. The Labute approximate surface area is 191 Å². The lowest BCUT2D eigenvalue weighted by atomic mass is 10.1. The van der Waals surface area contributed by atoms with Crippen molar-refractivity contribution in [2.24, 2.45) is 0 Å². The average Bonchev–Trinajstić information content (AvgIpc) is 2.92. The fourth-order valence-corrected chi connectivity index (χ4v) is 4.96. The number of anilines is 1. The largest absolute Gasteiger partial charge is 0.444 e. The number of rotatable bonds is 1. The number of nitrogens with zero attached hydrogens (tertiary/aromatic N) is 4. The minimum atomic E-state index is -4.75. The zero-order valence-corrected chi connectivity index (χ0v) is 19.6. The Morgan fingerprint density at radius 2 is 1.75 bits per heavy atom. The van der Waals surface area contributed by atoms with Crippen LogP contribution in [0.25, 0.3) is 10.9 Å². The zero-order chi connectivity index (χ0) is 23.6. The van der Waals surface area contributed by atoms with Crippen molar-refractivity contribution in [3.05, 3.63) is 27.7 Å². The van der Waals surface area contributed by atoms with Crippen molar-refractivity contribution in [1.82, 2.24) is 14.9 Å². The standard InChI is InChI=1S/C21H23BrF4N4O2/c1-10-27-17-13(7-14(21(24,25)26)15(22)16(17)23)18(28-10)29-8-11-5-6-12(9-29)30(11)19(31)32-20(2,3)4/h7,11-12H,5-6,8-9H2,1-4H3. The minimum Gasteiger partial charge on any atom is -0.444 e. The number of alkyl halides is 3. The van der Waals surface area contributed by atoms with Gasteiger partial charge in [0.1, 0.15) is 22.8 Å². The van der Waals surface area contributed by atoms with E-state index in [1.54, 1.807) is 32.6 Å². The number of aromatic nitrogens is 2. The van der Waals surface area contributed by atoms with E-state index >= 15 is 0 Å². The molecule has 2 aromatic rings. The number of ether oxygens (including phenoxy) is 1. The number of hydrogen-bond acceptors (Lipinski definition) is 5. The lowest BCUT2D eigenvalue weighted by Gasteiger charge is -2.42. The molecule has 0 radical (unpaired) electrons. The Morgan fingerprint density at radius 1 is 1.16 bits per heavy atom. The van der Waals surface area contributed by atoms with Crippen LogP contribution in [0.4, 0.5) is 28.2 Å². The van der Waals surface area contributed by atoms with E-state index in [1.165, 1.54) is 0 Å². The summed E-state index contributed by atoms with van der Waals surface area (Å²) in [5, 5.41) is -0.00579.